The van der Waals surface area contributed by atoms with Gasteiger partial charge in [0.1, 0.15) is 0 Å². The smallest absolute Gasteiger partial charge is 0.264 e. The highest BCUT2D eigenvalue weighted by molar-refractivity contribution is 7.92. The Hall–Kier alpha value is -2.70. The van der Waals surface area contributed by atoms with Crippen LogP contribution >= 0.6 is 0 Å². The Bertz CT molecular complexity index is 1060. The molecule has 162 valence electrons. The first-order valence-electron chi connectivity index (χ1n) is 10.9. The van der Waals surface area contributed by atoms with Crippen LogP contribution in [0.4, 0.5) is 5.69 Å². The monoisotopic (exact) mass is 435 g/mol. The minimum atomic E-state index is -3.64. The number of pyridine rings is 1. The van der Waals surface area contributed by atoms with Gasteiger partial charge < -0.3 is 0 Å². The van der Waals surface area contributed by atoms with Crippen LogP contribution in [0.25, 0.3) is 0 Å². The molecule has 2 heterocycles. The summed E-state index contributed by atoms with van der Waals surface area (Å²) in [6.45, 7) is 4.69. The molecule has 0 bridgehead atoms. The zero-order valence-corrected chi connectivity index (χ0v) is 18.7. The number of anilines is 1. The van der Waals surface area contributed by atoms with E-state index in [2.05, 4.69) is 16.8 Å². The molecule has 31 heavy (non-hydrogen) atoms. The molecule has 0 atom stereocenters. The number of aryl methyl sites for hydroxylation is 1. The number of sulfonamides is 1. The van der Waals surface area contributed by atoms with Crippen LogP contribution in [-0.4, -0.2) is 37.4 Å². The molecule has 1 saturated heterocycles. The van der Waals surface area contributed by atoms with Crippen molar-refractivity contribution in [2.75, 3.05) is 17.4 Å². The Labute approximate surface area is 185 Å². The van der Waals surface area contributed by atoms with Gasteiger partial charge in [-0.25, -0.2) is 8.42 Å². The Balaban J connectivity index is 1.58. The minimum Gasteiger partial charge on any atom is -0.299 e. The molecule has 0 saturated carbocycles. The molecule has 0 N–H and O–H groups in total. The van der Waals surface area contributed by atoms with Crippen LogP contribution in [0, 0.1) is 0 Å². The quantitative estimate of drug-likeness (QED) is 0.548. The molecule has 2 aromatic carbocycles. The second kappa shape index (κ2) is 9.62. The van der Waals surface area contributed by atoms with E-state index in [1.54, 1.807) is 28.6 Å². The number of hydrogen-bond acceptors (Lipinski definition) is 4. The number of benzene rings is 2. The fourth-order valence-electron chi connectivity index (χ4n) is 4.19. The Morgan fingerprint density at radius 2 is 1.55 bits per heavy atom. The van der Waals surface area contributed by atoms with Crippen LogP contribution in [0.15, 0.2) is 84.0 Å². The van der Waals surface area contributed by atoms with Gasteiger partial charge in [0.15, 0.2) is 0 Å². The molecule has 0 radical (unpaired) electrons. The van der Waals surface area contributed by atoms with E-state index in [1.807, 2.05) is 54.9 Å². The number of likely N-dealkylation sites (tertiary alicyclic amines) is 1. The minimum absolute atomic E-state index is 0.0635. The molecule has 1 aliphatic heterocycles. The molecular formula is C25H29N3O2S. The largest absolute Gasteiger partial charge is 0.299 e. The predicted molar refractivity (Wildman–Crippen MR) is 124 cm³/mol. The number of rotatable bonds is 7. The van der Waals surface area contributed by atoms with Gasteiger partial charge in [0.05, 0.1) is 10.6 Å². The van der Waals surface area contributed by atoms with Crippen molar-refractivity contribution in [3.05, 3.63) is 90.3 Å². The first kappa shape index (κ1) is 21.5. The molecule has 6 heteroatoms. The summed E-state index contributed by atoms with van der Waals surface area (Å²) < 4.78 is 29.0. The Kier molecular flexibility index (Phi) is 6.68. The third kappa shape index (κ3) is 4.97. The maximum absolute atomic E-state index is 13.7. The topological polar surface area (TPSA) is 53.5 Å². The lowest BCUT2D eigenvalue weighted by atomic mass is 10.0. The summed E-state index contributed by atoms with van der Waals surface area (Å²) in [6, 6.07) is 20.7. The average molecular weight is 436 g/mol. The molecule has 1 aliphatic rings. The van der Waals surface area contributed by atoms with Crippen molar-refractivity contribution >= 4 is 15.7 Å². The SMILES string of the molecule is CCc1ccc(N(C2CCN(Cc3ccncc3)CC2)S(=O)(=O)c2ccccc2)cc1. The summed E-state index contributed by atoms with van der Waals surface area (Å²) in [7, 11) is -3.64. The van der Waals surface area contributed by atoms with Crippen LogP contribution in [0.5, 0.6) is 0 Å². The van der Waals surface area contributed by atoms with E-state index in [0.29, 0.717) is 4.90 Å². The fraction of sp³-hybridized carbons (Fsp3) is 0.320. The lowest BCUT2D eigenvalue weighted by Gasteiger charge is -2.39. The van der Waals surface area contributed by atoms with Gasteiger partial charge in [0, 0.05) is 38.1 Å². The molecule has 0 spiro atoms. The van der Waals surface area contributed by atoms with Crippen molar-refractivity contribution in [3.63, 3.8) is 0 Å². The molecule has 0 amide bonds. The van der Waals surface area contributed by atoms with E-state index < -0.39 is 10.0 Å². The van der Waals surface area contributed by atoms with Gasteiger partial charge in [-0.1, -0.05) is 37.3 Å². The summed E-state index contributed by atoms with van der Waals surface area (Å²) in [6.07, 6.45) is 6.16. The Morgan fingerprint density at radius 1 is 0.903 bits per heavy atom. The van der Waals surface area contributed by atoms with E-state index >= 15 is 0 Å². The van der Waals surface area contributed by atoms with Gasteiger partial charge in [-0.2, -0.15) is 0 Å². The highest BCUT2D eigenvalue weighted by Crippen LogP contribution is 2.31. The van der Waals surface area contributed by atoms with Crippen LogP contribution in [-0.2, 0) is 23.0 Å². The third-order valence-electron chi connectivity index (χ3n) is 5.94. The first-order chi connectivity index (χ1) is 15.1. The summed E-state index contributed by atoms with van der Waals surface area (Å²) in [5.41, 5.74) is 3.18. The van der Waals surface area contributed by atoms with E-state index in [4.69, 9.17) is 0 Å². The van der Waals surface area contributed by atoms with E-state index in [1.165, 1.54) is 11.1 Å². The lowest BCUT2D eigenvalue weighted by molar-refractivity contribution is 0.206. The van der Waals surface area contributed by atoms with Gasteiger partial charge in [-0.15, -0.1) is 0 Å². The van der Waals surface area contributed by atoms with Crippen LogP contribution in [0.1, 0.15) is 30.9 Å². The summed E-state index contributed by atoms with van der Waals surface area (Å²) in [4.78, 5) is 6.81. The maximum atomic E-state index is 13.7. The maximum Gasteiger partial charge on any atom is 0.264 e. The standard InChI is InChI=1S/C25H29N3O2S/c1-2-21-8-10-23(11-9-21)28(31(29,30)25-6-4-3-5-7-25)24-14-18-27(19-15-24)20-22-12-16-26-17-13-22/h3-13,16-17,24H,2,14-15,18-20H2,1H3. The fourth-order valence-corrected chi connectivity index (χ4v) is 5.92. The molecule has 5 nitrogen and oxygen atoms in total. The van der Waals surface area contributed by atoms with Gasteiger partial charge in [0.2, 0.25) is 0 Å². The van der Waals surface area contributed by atoms with Crippen molar-refractivity contribution in [3.8, 4) is 0 Å². The van der Waals surface area contributed by atoms with Crippen LogP contribution in [0.2, 0.25) is 0 Å². The zero-order valence-electron chi connectivity index (χ0n) is 17.9. The second-order valence-electron chi connectivity index (χ2n) is 8.00. The van der Waals surface area contributed by atoms with Crippen molar-refractivity contribution in [1.82, 2.24) is 9.88 Å². The molecule has 4 rings (SSSR count). The molecule has 3 aromatic rings. The van der Waals surface area contributed by atoms with Gasteiger partial charge in [0.25, 0.3) is 10.0 Å². The highest BCUT2D eigenvalue weighted by Gasteiger charge is 2.34. The van der Waals surface area contributed by atoms with E-state index in [-0.39, 0.29) is 6.04 Å². The van der Waals surface area contributed by atoms with Gasteiger partial charge in [-0.3, -0.25) is 14.2 Å². The number of piperidine rings is 1. The lowest BCUT2D eigenvalue weighted by Crippen LogP contribution is -2.47. The van der Waals surface area contributed by atoms with Gasteiger partial charge >= 0.3 is 0 Å². The van der Waals surface area contributed by atoms with E-state index in [0.717, 1.165) is 44.6 Å². The number of hydrogen-bond donors (Lipinski definition) is 0. The number of nitrogens with zero attached hydrogens (tertiary/aromatic N) is 3. The van der Waals surface area contributed by atoms with Crippen molar-refractivity contribution in [2.45, 2.75) is 43.7 Å². The second-order valence-corrected chi connectivity index (χ2v) is 9.81. The van der Waals surface area contributed by atoms with Crippen LogP contribution < -0.4 is 4.31 Å². The van der Waals surface area contributed by atoms with Crippen molar-refractivity contribution in [1.29, 1.82) is 0 Å². The average Bonchev–Trinajstić information content (AvgIpc) is 2.82. The molecule has 0 unspecified atom stereocenters. The Morgan fingerprint density at radius 3 is 2.16 bits per heavy atom. The molecule has 1 fully saturated rings. The van der Waals surface area contributed by atoms with Crippen molar-refractivity contribution in [2.24, 2.45) is 0 Å². The highest BCUT2D eigenvalue weighted by atomic mass is 32.2. The predicted octanol–water partition coefficient (Wildman–Crippen LogP) is 4.50. The van der Waals surface area contributed by atoms with Crippen LogP contribution in [0.3, 0.4) is 0 Å². The molecular weight excluding hydrogens is 406 g/mol. The van der Waals surface area contributed by atoms with E-state index in [9.17, 15) is 8.42 Å². The first-order valence-corrected chi connectivity index (χ1v) is 12.3. The molecule has 0 aliphatic carbocycles. The summed E-state index contributed by atoms with van der Waals surface area (Å²) in [5, 5.41) is 0. The van der Waals surface area contributed by atoms with Gasteiger partial charge in [-0.05, 0) is 66.8 Å². The van der Waals surface area contributed by atoms with Crippen molar-refractivity contribution < 1.29 is 8.42 Å². The summed E-state index contributed by atoms with van der Waals surface area (Å²) >= 11 is 0. The summed E-state index contributed by atoms with van der Waals surface area (Å²) in [5.74, 6) is 0. The molecule has 1 aromatic heterocycles. The number of aromatic nitrogens is 1. The zero-order chi connectivity index (χ0) is 21.7. The third-order valence-corrected chi connectivity index (χ3v) is 7.84. The normalized spacial score (nSPS) is 15.6.